The fraction of sp³-hybridized carbons (Fsp3) is 0.400. The van der Waals surface area contributed by atoms with Gasteiger partial charge >= 0.3 is 0 Å². The minimum atomic E-state index is -1.00. The maximum Gasteiger partial charge on any atom is 0.272 e. The summed E-state index contributed by atoms with van der Waals surface area (Å²) in [6, 6.07) is 10.2. The molecule has 8 nitrogen and oxygen atoms in total. The van der Waals surface area contributed by atoms with E-state index in [4.69, 9.17) is 0 Å². The largest absolute Gasteiger partial charge is 0.328 e. The minimum absolute atomic E-state index is 0.0179. The number of halogens is 1. The van der Waals surface area contributed by atoms with Crippen LogP contribution in [0.2, 0.25) is 0 Å². The maximum atomic E-state index is 13.8. The Bertz CT molecular complexity index is 1180. The zero-order valence-corrected chi connectivity index (χ0v) is 19.3. The molecular formula is C25H26FN5O3. The number of aromatic nitrogens is 1. The first-order valence-corrected chi connectivity index (χ1v) is 11.2. The average molecular weight is 464 g/mol. The molecule has 0 aliphatic carbocycles. The van der Waals surface area contributed by atoms with Gasteiger partial charge in [-0.2, -0.15) is 5.26 Å². The van der Waals surface area contributed by atoms with Crippen molar-refractivity contribution in [2.45, 2.75) is 44.2 Å². The van der Waals surface area contributed by atoms with Crippen LogP contribution in [0.15, 0.2) is 42.6 Å². The second-order valence-corrected chi connectivity index (χ2v) is 9.32. The van der Waals surface area contributed by atoms with Gasteiger partial charge in [0.1, 0.15) is 23.6 Å². The summed E-state index contributed by atoms with van der Waals surface area (Å²) >= 11 is 0. The van der Waals surface area contributed by atoms with E-state index in [-0.39, 0.29) is 30.5 Å². The summed E-state index contributed by atoms with van der Waals surface area (Å²) in [5.41, 5.74) is 0.475. The Morgan fingerprint density at radius 1 is 1.32 bits per heavy atom. The van der Waals surface area contributed by atoms with Crippen molar-refractivity contribution in [2.75, 3.05) is 18.9 Å². The number of fused-ring (bicyclic) bond motifs is 2. The molecule has 1 spiro atoms. The predicted molar refractivity (Wildman–Crippen MR) is 122 cm³/mol. The molecule has 2 aliphatic heterocycles. The Kier molecular flexibility index (Phi) is 6.09. The number of hydrogen-bond acceptors (Lipinski definition) is 5. The molecule has 1 N–H and O–H groups in total. The summed E-state index contributed by atoms with van der Waals surface area (Å²) < 4.78 is 13.3. The van der Waals surface area contributed by atoms with Crippen LogP contribution in [0.25, 0.3) is 0 Å². The van der Waals surface area contributed by atoms with Crippen LogP contribution >= 0.6 is 0 Å². The van der Waals surface area contributed by atoms with Crippen molar-refractivity contribution in [3.63, 3.8) is 0 Å². The van der Waals surface area contributed by atoms with E-state index in [9.17, 15) is 24.0 Å². The van der Waals surface area contributed by atoms with Crippen LogP contribution in [0.4, 0.5) is 10.1 Å². The number of amides is 3. The van der Waals surface area contributed by atoms with E-state index in [2.05, 4.69) is 16.4 Å². The van der Waals surface area contributed by atoms with Gasteiger partial charge in [-0.1, -0.05) is 32.0 Å². The molecule has 3 heterocycles. The SMILES string of the molecule is CC(C)C[C@@H](C(=O)N1C[C@]2(C[C@H]1C#N)C(=O)Nc1ccccc12)N(C)C(=O)c1ccc(F)cn1. The summed E-state index contributed by atoms with van der Waals surface area (Å²) in [5.74, 6) is -1.65. The second kappa shape index (κ2) is 8.86. The zero-order chi connectivity index (χ0) is 24.6. The van der Waals surface area contributed by atoms with Gasteiger partial charge in [0.15, 0.2) is 0 Å². The number of nitrogens with one attached hydrogen (secondary N) is 1. The molecule has 2 aromatic rings. The number of pyridine rings is 1. The van der Waals surface area contributed by atoms with Gasteiger partial charge in [0.2, 0.25) is 11.8 Å². The summed E-state index contributed by atoms with van der Waals surface area (Å²) in [6.45, 7) is 3.92. The third kappa shape index (κ3) is 3.89. The first-order chi connectivity index (χ1) is 16.2. The van der Waals surface area contributed by atoms with Crippen LogP contribution in [-0.4, -0.2) is 58.2 Å². The number of nitriles is 1. The van der Waals surface area contributed by atoms with Crippen molar-refractivity contribution in [1.82, 2.24) is 14.8 Å². The lowest BCUT2D eigenvalue weighted by molar-refractivity contribution is -0.136. The molecule has 1 aromatic carbocycles. The lowest BCUT2D eigenvalue weighted by Gasteiger charge is -2.33. The highest BCUT2D eigenvalue weighted by atomic mass is 19.1. The predicted octanol–water partition coefficient (Wildman–Crippen LogP) is 2.72. The number of benzene rings is 1. The molecule has 1 aromatic heterocycles. The lowest BCUT2D eigenvalue weighted by atomic mass is 9.80. The Hall–Kier alpha value is -3.80. The van der Waals surface area contributed by atoms with Crippen LogP contribution in [0.1, 0.15) is 42.7 Å². The summed E-state index contributed by atoms with van der Waals surface area (Å²) in [4.78, 5) is 46.5. The first-order valence-electron chi connectivity index (χ1n) is 11.2. The Morgan fingerprint density at radius 2 is 2.06 bits per heavy atom. The number of para-hydroxylation sites is 1. The average Bonchev–Trinajstić information content (AvgIpc) is 3.35. The monoisotopic (exact) mass is 463 g/mol. The molecule has 0 saturated carbocycles. The molecule has 34 heavy (non-hydrogen) atoms. The molecule has 9 heteroatoms. The highest BCUT2D eigenvalue weighted by molar-refractivity contribution is 6.07. The number of carbonyl (C=O) groups is 3. The molecule has 2 aliphatic rings. The standard InChI is InChI=1S/C25H26FN5O3/c1-15(2)10-21(30(3)22(32)20-9-8-16(26)13-28-20)23(33)31-14-25(11-17(31)12-27)18-6-4-5-7-19(18)29-24(25)34/h4-9,13,15,17,21H,10-11,14H2,1-3H3,(H,29,34)/t17-,21-,25-/m0/s1. The van der Waals surface area contributed by atoms with Crippen molar-refractivity contribution in [1.29, 1.82) is 5.26 Å². The molecule has 176 valence electrons. The molecule has 1 saturated heterocycles. The van der Waals surface area contributed by atoms with E-state index in [1.54, 1.807) is 6.07 Å². The van der Waals surface area contributed by atoms with Gasteiger partial charge in [0, 0.05) is 25.7 Å². The van der Waals surface area contributed by atoms with Gasteiger partial charge in [-0.25, -0.2) is 9.37 Å². The van der Waals surface area contributed by atoms with Gasteiger partial charge in [-0.15, -0.1) is 0 Å². The van der Waals surface area contributed by atoms with Crippen LogP contribution < -0.4 is 5.32 Å². The number of rotatable bonds is 5. The fourth-order valence-corrected chi connectivity index (χ4v) is 4.87. The van der Waals surface area contributed by atoms with Crippen LogP contribution in [0.3, 0.4) is 0 Å². The van der Waals surface area contributed by atoms with Crippen molar-refractivity contribution in [3.05, 3.63) is 59.7 Å². The smallest absolute Gasteiger partial charge is 0.272 e. The summed E-state index contributed by atoms with van der Waals surface area (Å²) in [6.07, 6.45) is 1.49. The molecule has 1 fully saturated rings. The number of carbonyl (C=O) groups excluding carboxylic acids is 3. The van der Waals surface area contributed by atoms with Crippen LogP contribution in [0.5, 0.6) is 0 Å². The van der Waals surface area contributed by atoms with E-state index >= 15 is 0 Å². The summed E-state index contributed by atoms with van der Waals surface area (Å²) in [7, 11) is 1.50. The van der Waals surface area contributed by atoms with Crippen molar-refractivity contribution >= 4 is 23.4 Å². The summed E-state index contributed by atoms with van der Waals surface area (Å²) in [5, 5.41) is 12.8. The molecular weight excluding hydrogens is 437 g/mol. The number of likely N-dealkylation sites (tertiary alicyclic amines) is 1. The Balaban J connectivity index is 1.65. The molecule has 3 amide bonds. The first kappa shape index (κ1) is 23.4. The topological polar surface area (TPSA) is 106 Å². The zero-order valence-electron chi connectivity index (χ0n) is 19.3. The Labute approximate surface area is 197 Å². The van der Waals surface area contributed by atoms with E-state index < -0.39 is 35.1 Å². The van der Waals surface area contributed by atoms with Crippen LogP contribution in [-0.2, 0) is 15.0 Å². The minimum Gasteiger partial charge on any atom is -0.328 e. The van der Waals surface area contributed by atoms with Gasteiger partial charge < -0.3 is 15.1 Å². The van der Waals surface area contributed by atoms with Crippen molar-refractivity contribution in [3.8, 4) is 6.07 Å². The van der Waals surface area contributed by atoms with Gasteiger partial charge in [0.05, 0.1) is 17.7 Å². The molecule has 0 radical (unpaired) electrons. The molecule has 0 bridgehead atoms. The van der Waals surface area contributed by atoms with E-state index in [0.29, 0.717) is 12.1 Å². The second-order valence-electron chi connectivity index (χ2n) is 9.32. The van der Waals surface area contributed by atoms with Gasteiger partial charge in [-0.3, -0.25) is 14.4 Å². The van der Waals surface area contributed by atoms with Crippen LogP contribution in [0, 0.1) is 23.1 Å². The maximum absolute atomic E-state index is 13.8. The lowest BCUT2D eigenvalue weighted by Crippen LogP contribution is -2.52. The van der Waals surface area contributed by atoms with Crippen molar-refractivity contribution < 1.29 is 18.8 Å². The highest BCUT2D eigenvalue weighted by Crippen LogP contribution is 2.46. The number of likely N-dealkylation sites (N-methyl/N-ethyl adjacent to an activating group) is 1. The molecule has 0 unspecified atom stereocenters. The van der Waals surface area contributed by atoms with Crippen molar-refractivity contribution in [2.24, 2.45) is 5.92 Å². The quantitative estimate of drug-likeness (QED) is 0.734. The van der Waals surface area contributed by atoms with Gasteiger partial charge in [-0.05, 0) is 36.1 Å². The third-order valence-electron chi connectivity index (χ3n) is 6.63. The third-order valence-corrected chi connectivity index (χ3v) is 6.63. The number of nitrogens with zero attached hydrogens (tertiary/aromatic N) is 4. The number of hydrogen-bond donors (Lipinski definition) is 1. The van der Waals surface area contributed by atoms with E-state index in [0.717, 1.165) is 17.8 Å². The van der Waals surface area contributed by atoms with Gasteiger partial charge in [0.25, 0.3) is 5.91 Å². The molecule has 3 atom stereocenters. The van der Waals surface area contributed by atoms with E-state index in [1.165, 1.54) is 22.9 Å². The van der Waals surface area contributed by atoms with E-state index in [1.807, 2.05) is 32.0 Å². The molecule has 4 rings (SSSR count). The Morgan fingerprint density at radius 3 is 2.71 bits per heavy atom. The normalized spacial score (nSPS) is 21.8. The number of anilines is 1. The highest BCUT2D eigenvalue weighted by Gasteiger charge is 2.56. The fourth-order valence-electron chi connectivity index (χ4n) is 4.87.